The summed E-state index contributed by atoms with van der Waals surface area (Å²) < 4.78 is 12.0. The first kappa shape index (κ1) is 68.2. The van der Waals surface area contributed by atoms with Crippen LogP contribution in [0.2, 0.25) is 0 Å². The summed E-state index contributed by atoms with van der Waals surface area (Å²) >= 11 is 6.63. The molecule has 6 aromatic rings. The van der Waals surface area contributed by atoms with Crippen molar-refractivity contribution in [2.75, 3.05) is 67.6 Å². The van der Waals surface area contributed by atoms with Gasteiger partial charge in [0.25, 0.3) is 0 Å². The zero-order valence-electron chi connectivity index (χ0n) is 38.6. The van der Waals surface area contributed by atoms with E-state index in [0.29, 0.717) is 6.54 Å². The second kappa shape index (κ2) is 40.9. The van der Waals surface area contributed by atoms with Crippen molar-refractivity contribution in [1.29, 1.82) is 0 Å². The number of aryl methyl sites for hydroxylation is 1. The van der Waals surface area contributed by atoms with Gasteiger partial charge in [-0.2, -0.15) is 6.92 Å². The van der Waals surface area contributed by atoms with Crippen LogP contribution in [0.3, 0.4) is 0 Å². The number of hydrogen-bond acceptors (Lipinski definition) is 12. The quantitative estimate of drug-likeness (QED) is 0.100. The molecule has 66 heavy (non-hydrogen) atoms. The maximum absolute atomic E-state index is 5.55. The molecule has 0 atom stereocenters. The van der Waals surface area contributed by atoms with Crippen molar-refractivity contribution in [1.82, 2.24) is 34.6 Å². The number of nitrogens with two attached hydrogens (primary N) is 2. The van der Waals surface area contributed by atoms with Gasteiger partial charge in [-0.3, -0.25) is 19.9 Å². The second-order valence-electron chi connectivity index (χ2n) is 14.4. The van der Waals surface area contributed by atoms with Crippen LogP contribution in [0.4, 0.5) is 11.4 Å². The van der Waals surface area contributed by atoms with E-state index in [2.05, 4.69) is 148 Å². The molecular weight excluding hydrogens is 995 g/mol. The van der Waals surface area contributed by atoms with Crippen LogP contribution >= 0.6 is 31.9 Å². The Bertz CT molecular complexity index is 2010. The number of anilines is 2. The summed E-state index contributed by atoms with van der Waals surface area (Å²) in [6.07, 6.45) is 14.3. The largest absolute Gasteiger partial charge is 0.497 e. The van der Waals surface area contributed by atoms with Gasteiger partial charge in [-0.15, -0.1) is 0 Å². The van der Waals surface area contributed by atoms with Crippen LogP contribution in [0.25, 0.3) is 0 Å². The minimum atomic E-state index is 0. The van der Waals surface area contributed by atoms with Gasteiger partial charge in [0.05, 0.1) is 31.8 Å². The molecule has 4 heterocycles. The fourth-order valence-corrected chi connectivity index (χ4v) is 5.83. The van der Waals surface area contributed by atoms with Gasteiger partial charge in [0.1, 0.15) is 11.5 Å². The van der Waals surface area contributed by atoms with Crippen molar-refractivity contribution in [3.63, 3.8) is 0 Å². The maximum atomic E-state index is 5.55. The number of nitrogens with one attached hydrogen (secondary N) is 1. The molecule has 5 N–H and O–H groups in total. The van der Waals surface area contributed by atoms with Crippen molar-refractivity contribution in [2.24, 2.45) is 5.73 Å². The number of ether oxygens (including phenoxy) is 2. The van der Waals surface area contributed by atoms with E-state index < -0.39 is 0 Å². The molecule has 0 saturated heterocycles. The number of methoxy groups -OCH3 is 2. The monoisotopic (exact) mass is 1070 g/mol. The molecule has 365 valence electrons. The predicted molar refractivity (Wildman–Crippen MR) is 286 cm³/mol. The maximum Gasteiger partial charge on any atom is 0.138 e. The molecule has 0 bridgehead atoms. The Hall–Kier alpha value is -4.38. The third-order valence-electron chi connectivity index (χ3n) is 7.80. The van der Waals surface area contributed by atoms with Crippen LogP contribution in [0, 0.1) is 13.8 Å². The third kappa shape index (κ3) is 33.1. The van der Waals surface area contributed by atoms with E-state index in [1.807, 2.05) is 77.2 Å². The molecular formula is C51H79Br2N10O2V-. The number of halogens is 2. The van der Waals surface area contributed by atoms with Gasteiger partial charge in [-0.05, 0) is 145 Å². The molecule has 0 amide bonds. The Morgan fingerprint density at radius 3 is 1.39 bits per heavy atom. The molecule has 0 aliphatic heterocycles. The topological polar surface area (TPSA) is 144 Å². The average Bonchev–Trinajstić information content (AvgIpc) is 3.24. The van der Waals surface area contributed by atoms with Crippen LogP contribution in [0.15, 0.2) is 131 Å². The van der Waals surface area contributed by atoms with Crippen LogP contribution in [-0.2, 0) is 51.3 Å². The Morgan fingerprint density at radius 2 is 0.970 bits per heavy atom. The van der Waals surface area contributed by atoms with E-state index in [0.717, 1.165) is 63.6 Å². The predicted octanol–water partition coefficient (Wildman–Crippen LogP) is 11.4. The van der Waals surface area contributed by atoms with Crippen LogP contribution in [-0.4, -0.2) is 91.1 Å². The molecule has 0 saturated carbocycles. The molecule has 0 aliphatic carbocycles. The Morgan fingerprint density at radius 1 is 0.545 bits per heavy atom. The summed E-state index contributed by atoms with van der Waals surface area (Å²) in [4.78, 5) is 22.5. The Labute approximate surface area is 428 Å². The van der Waals surface area contributed by atoms with Crippen molar-refractivity contribution in [3.8, 4) is 11.5 Å². The number of pyridine rings is 4. The Kier molecular flexibility index (Phi) is 42.2. The molecule has 12 nitrogen and oxygen atoms in total. The summed E-state index contributed by atoms with van der Waals surface area (Å²) in [5, 5.41) is 3.39. The molecule has 2 aromatic carbocycles. The molecule has 0 unspecified atom stereocenters. The fraction of sp³-hybridized carbons (Fsp3) is 0.353. The molecule has 0 spiro atoms. The van der Waals surface area contributed by atoms with Crippen molar-refractivity contribution < 1.29 is 28.0 Å². The zero-order valence-corrected chi connectivity index (χ0v) is 43.2. The number of hydrogen-bond donors (Lipinski definition) is 3. The van der Waals surface area contributed by atoms with Gasteiger partial charge >= 0.3 is 0 Å². The summed E-state index contributed by atoms with van der Waals surface area (Å²) in [5.41, 5.74) is 20.0. The standard InChI is InChI=1S/C16H21N3O.C8H11BrN2.C8H13N3.C8H11N.C6H6BrNO.C2H5.3CH4.V/c1-19(2)12-14-8-15(11-17-9-14)18-10-13-4-6-16(20-3)7-5-13;2*1-11(2)6-7-3-8(9)5-10-4-7;1-7-2-4-8(6-9)5-3-7;1-9-6-2-5(7)3-8-4-6;1-2;;;;/h4-9,11,18H,10,12H2,1-3H3;3-5H,6H2,1-2H3;3-5H,6,9H2,1-2H3;2-5H,6,9H2,1H3;2-4H,1H3;1H2,2H3;3*1H4;/q;;;;;-1;;;;. The SMILES string of the molecule is C.C.C.CN(C)Cc1cncc(Br)c1.CN(C)Cc1cncc(N)c1.COc1ccc(CNc2cncc(CN(C)C)c2)cc1.COc1cncc(Br)c1.Cc1ccc(CN)cc1.[CH2-]C.[V]. The van der Waals surface area contributed by atoms with Gasteiger partial charge < -0.3 is 47.9 Å². The number of nitrogens with zero attached hydrogens (tertiary/aromatic N) is 7. The first-order valence-corrected chi connectivity index (χ1v) is 21.4. The minimum Gasteiger partial charge on any atom is -0.497 e. The molecule has 15 heteroatoms. The minimum absolute atomic E-state index is 0. The smallest absolute Gasteiger partial charge is 0.138 e. The molecule has 0 aliphatic rings. The van der Waals surface area contributed by atoms with Gasteiger partial charge in [0, 0.05) is 104 Å². The summed E-state index contributed by atoms with van der Waals surface area (Å²) in [6, 6.07) is 24.3. The van der Waals surface area contributed by atoms with E-state index in [1.54, 1.807) is 45.9 Å². The van der Waals surface area contributed by atoms with E-state index in [9.17, 15) is 0 Å². The van der Waals surface area contributed by atoms with Crippen molar-refractivity contribution in [2.45, 2.75) is 68.9 Å². The number of aromatic nitrogens is 4. The average molecular weight is 1080 g/mol. The first-order valence-electron chi connectivity index (χ1n) is 19.8. The molecule has 4 aromatic heterocycles. The van der Waals surface area contributed by atoms with Crippen molar-refractivity contribution >= 4 is 43.2 Å². The number of benzene rings is 2. The van der Waals surface area contributed by atoms with Crippen molar-refractivity contribution in [3.05, 3.63) is 172 Å². The second-order valence-corrected chi connectivity index (χ2v) is 16.2. The number of nitrogen functional groups attached to an aromatic ring is 1. The summed E-state index contributed by atoms with van der Waals surface area (Å²) in [5.74, 6) is 1.65. The van der Waals surface area contributed by atoms with E-state index in [1.165, 1.54) is 27.8 Å². The normalized spacial score (nSPS) is 9.35. The van der Waals surface area contributed by atoms with Gasteiger partial charge in [-0.25, -0.2) is 0 Å². The van der Waals surface area contributed by atoms with Crippen LogP contribution < -0.4 is 26.3 Å². The summed E-state index contributed by atoms with van der Waals surface area (Å²) in [6.45, 7) is 11.2. The first-order chi connectivity index (χ1) is 29.7. The third-order valence-corrected chi connectivity index (χ3v) is 8.66. The van der Waals surface area contributed by atoms with Gasteiger partial charge in [-0.1, -0.05) is 64.2 Å². The van der Waals surface area contributed by atoms with E-state index >= 15 is 0 Å². The molecule has 0 fully saturated rings. The van der Waals surface area contributed by atoms with E-state index in [-0.39, 0.29) is 40.8 Å². The fourth-order valence-electron chi connectivity index (χ4n) is 5.08. The molecule has 6 rings (SSSR count). The van der Waals surface area contributed by atoms with E-state index in [4.69, 9.17) is 20.9 Å². The number of rotatable bonds is 12. The molecule has 1 radical (unpaired) electrons. The summed E-state index contributed by atoms with van der Waals surface area (Å²) in [7, 11) is 15.5. The Balaban J connectivity index is -0.000000368. The van der Waals surface area contributed by atoms with Gasteiger partial charge in [0.15, 0.2) is 0 Å². The van der Waals surface area contributed by atoms with Crippen LogP contribution in [0.1, 0.15) is 62.6 Å². The van der Waals surface area contributed by atoms with Crippen LogP contribution in [0.5, 0.6) is 11.5 Å². The zero-order chi connectivity index (χ0) is 46.3. The van der Waals surface area contributed by atoms with Gasteiger partial charge in [0.2, 0.25) is 0 Å².